The van der Waals surface area contributed by atoms with Gasteiger partial charge in [0.05, 0.1) is 11.0 Å². The van der Waals surface area contributed by atoms with Crippen LogP contribution in [0.3, 0.4) is 0 Å². The monoisotopic (exact) mass is 843 g/mol. The number of fused-ring (bicyclic) bond motifs is 13. The predicted octanol–water partition coefficient (Wildman–Crippen LogP) is 9.07. The van der Waals surface area contributed by atoms with E-state index in [0.29, 0.717) is 0 Å². The van der Waals surface area contributed by atoms with Crippen LogP contribution in [0, 0.1) is 0 Å². The fraction of sp³-hybridized carbons (Fsp3) is 0.0164. The highest BCUT2D eigenvalue weighted by atomic mass is 28.3. The molecule has 14 rings (SSSR count). The van der Waals surface area contributed by atoms with Crippen LogP contribution in [0.1, 0.15) is 11.1 Å². The summed E-state index contributed by atoms with van der Waals surface area (Å²) in [5, 5.41) is 14.4. The van der Waals surface area contributed by atoms with Crippen molar-refractivity contribution in [1.29, 1.82) is 0 Å². The van der Waals surface area contributed by atoms with Crippen molar-refractivity contribution >= 4 is 79.4 Å². The van der Waals surface area contributed by atoms with Gasteiger partial charge in [0.2, 0.25) is 0 Å². The number of aromatic nitrogens is 1. The number of benzene rings is 10. The molecule has 1 aromatic heterocycles. The first-order valence-corrected chi connectivity index (χ1v) is 26.6. The second-order valence-corrected chi connectivity index (χ2v) is 25.3. The Morgan fingerprint density at radius 1 is 0.312 bits per heavy atom. The van der Waals surface area contributed by atoms with E-state index >= 15 is 0 Å². The molecule has 1 aliphatic carbocycles. The standard InChI is InChI=1S/C61H41NSi2/c1-4-18-42(19-5-1)62-55-36-34-46(64(44-22-8-3-9-23-44)59-30-16-12-26-50(59)51-27-13-17-31-60(51)64)40-54(55)61-53-38-41-32-33-45(39-52(41)47(53)35-37-56(61)62)63(43-20-6-2-7-21-43)57-28-14-10-24-48(57)49-25-11-15-29-58(49)63/h1-37,39-40H,38H2. The summed E-state index contributed by atoms with van der Waals surface area (Å²) < 4.78 is 2.51. The molecule has 0 saturated carbocycles. The van der Waals surface area contributed by atoms with Gasteiger partial charge in [0.1, 0.15) is 0 Å². The highest BCUT2D eigenvalue weighted by Crippen LogP contribution is 2.45. The molecule has 0 atom stereocenters. The zero-order chi connectivity index (χ0) is 42.0. The molecular weight excluding hydrogens is 803 g/mol. The van der Waals surface area contributed by atoms with E-state index < -0.39 is 16.1 Å². The molecule has 0 spiro atoms. The third-order valence-electron chi connectivity index (χ3n) is 15.0. The third-order valence-corrected chi connectivity index (χ3v) is 24.7. The van der Waals surface area contributed by atoms with Crippen LogP contribution in [0.4, 0.5) is 0 Å². The molecule has 0 saturated heterocycles. The van der Waals surface area contributed by atoms with Crippen molar-refractivity contribution in [1.82, 2.24) is 4.57 Å². The fourth-order valence-electron chi connectivity index (χ4n) is 12.5. The minimum atomic E-state index is -2.72. The Morgan fingerprint density at radius 2 is 0.750 bits per heavy atom. The van der Waals surface area contributed by atoms with E-state index in [1.165, 1.54) is 113 Å². The normalized spacial score (nSPS) is 14.4. The molecule has 298 valence electrons. The summed E-state index contributed by atoms with van der Waals surface area (Å²) in [4.78, 5) is 0. The van der Waals surface area contributed by atoms with Crippen molar-refractivity contribution in [3.05, 3.63) is 248 Å². The Bertz CT molecular complexity index is 3610. The maximum Gasteiger partial charge on any atom is 0.180 e. The number of rotatable bonds is 5. The zero-order valence-electron chi connectivity index (χ0n) is 35.2. The Kier molecular flexibility index (Phi) is 7.57. The van der Waals surface area contributed by atoms with Gasteiger partial charge in [0, 0.05) is 16.5 Å². The van der Waals surface area contributed by atoms with E-state index in [9.17, 15) is 0 Å². The second kappa shape index (κ2) is 13.5. The molecular formula is C61H41NSi2. The summed E-state index contributed by atoms with van der Waals surface area (Å²) in [5.41, 5.74) is 14.8. The van der Waals surface area contributed by atoms with Gasteiger partial charge in [-0.25, -0.2) is 0 Å². The molecule has 64 heavy (non-hydrogen) atoms. The van der Waals surface area contributed by atoms with Gasteiger partial charge in [-0.2, -0.15) is 0 Å². The van der Waals surface area contributed by atoms with E-state index in [1.807, 2.05) is 0 Å². The third kappa shape index (κ3) is 4.62. The van der Waals surface area contributed by atoms with Crippen molar-refractivity contribution < 1.29 is 0 Å². The van der Waals surface area contributed by atoms with Gasteiger partial charge in [-0.1, -0.05) is 212 Å². The predicted molar refractivity (Wildman–Crippen MR) is 274 cm³/mol. The van der Waals surface area contributed by atoms with Crippen LogP contribution in [-0.2, 0) is 6.42 Å². The lowest BCUT2D eigenvalue weighted by Crippen LogP contribution is -2.72. The molecule has 10 aromatic carbocycles. The highest BCUT2D eigenvalue weighted by Gasteiger charge is 2.50. The van der Waals surface area contributed by atoms with Crippen LogP contribution in [0.25, 0.3) is 60.9 Å². The molecule has 0 radical (unpaired) electrons. The maximum absolute atomic E-state index is 2.72. The van der Waals surface area contributed by atoms with Crippen LogP contribution >= 0.6 is 0 Å². The molecule has 1 nitrogen and oxygen atoms in total. The minimum absolute atomic E-state index is 0.903. The average molecular weight is 844 g/mol. The molecule has 0 N–H and O–H groups in total. The lowest BCUT2D eigenvalue weighted by molar-refractivity contribution is 1.18. The van der Waals surface area contributed by atoms with Crippen molar-refractivity contribution in [2.45, 2.75) is 6.42 Å². The maximum atomic E-state index is 2.62. The quantitative estimate of drug-likeness (QED) is 0.153. The van der Waals surface area contributed by atoms with Crippen LogP contribution < -0.4 is 41.5 Å². The zero-order valence-corrected chi connectivity index (χ0v) is 37.2. The smallest absolute Gasteiger partial charge is 0.180 e. The lowest BCUT2D eigenvalue weighted by Gasteiger charge is -2.31. The topological polar surface area (TPSA) is 4.93 Å². The minimum Gasteiger partial charge on any atom is -0.309 e. The van der Waals surface area contributed by atoms with Crippen molar-refractivity contribution in [3.63, 3.8) is 0 Å². The summed E-state index contributed by atoms with van der Waals surface area (Å²) >= 11 is 0. The van der Waals surface area contributed by atoms with E-state index in [1.54, 1.807) is 0 Å². The van der Waals surface area contributed by atoms with Gasteiger partial charge in [0.15, 0.2) is 16.1 Å². The summed E-state index contributed by atoms with van der Waals surface area (Å²) in [6.07, 6.45) is 0.903. The van der Waals surface area contributed by atoms with Gasteiger partial charge in [-0.05, 0) is 117 Å². The van der Waals surface area contributed by atoms with Gasteiger partial charge in [-0.3, -0.25) is 0 Å². The summed E-state index contributed by atoms with van der Waals surface area (Å²) in [6, 6.07) is 90.7. The first kappa shape index (κ1) is 36.0. The van der Waals surface area contributed by atoms with Crippen molar-refractivity contribution in [2.75, 3.05) is 0 Å². The molecule has 3 heteroatoms. The highest BCUT2D eigenvalue weighted by molar-refractivity contribution is 7.23. The SMILES string of the molecule is c1ccc(-n2c3ccc([Si]4(c5ccccc5)c5ccccc5-c5ccccc54)cc3c3c4c(ccc32)-c2cc([Si]3(c5ccccc5)c5ccccc5-c5ccccc53)ccc2C4)cc1. The molecule has 0 unspecified atom stereocenters. The molecule has 0 bridgehead atoms. The molecule has 2 aliphatic heterocycles. The van der Waals surface area contributed by atoms with E-state index in [4.69, 9.17) is 0 Å². The van der Waals surface area contributed by atoms with E-state index in [2.05, 4.69) is 241 Å². The van der Waals surface area contributed by atoms with Crippen LogP contribution in [-0.4, -0.2) is 20.7 Å². The van der Waals surface area contributed by atoms with Gasteiger partial charge in [0.25, 0.3) is 0 Å². The Hall–Kier alpha value is -7.57. The van der Waals surface area contributed by atoms with E-state index in [0.717, 1.165) is 6.42 Å². The Balaban J connectivity index is 1.04. The van der Waals surface area contributed by atoms with Crippen molar-refractivity contribution in [2.24, 2.45) is 0 Å². The molecule has 0 fully saturated rings. The average Bonchev–Trinajstić information content (AvgIpc) is 4.09. The molecule has 11 aromatic rings. The first-order valence-electron chi connectivity index (χ1n) is 22.6. The van der Waals surface area contributed by atoms with Crippen molar-refractivity contribution in [3.8, 4) is 39.1 Å². The first-order chi connectivity index (χ1) is 31.8. The van der Waals surface area contributed by atoms with Gasteiger partial charge < -0.3 is 4.57 Å². The Labute approximate surface area is 375 Å². The largest absolute Gasteiger partial charge is 0.309 e. The fourth-order valence-corrected chi connectivity index (χ4v) is 22.9. The van der Waals surface area contributed by atoms with Gasteiger partial charge in [-0.15, -0.1) is 0 Å². The number of para-hydroxylation sites is 1. The molecule has 3 heterocycles. The summed E-state index contributed by atoms with van der Waals surface area (Å²) in [5.74, 6) is 0. The number of hydrogen-bond acceptors (Lipinski definition) is 0. The van der Waals surface area contributed by atoms with Gasteiger partial charge >= 0.3 is 0 Å². The molecule has 3 aliphatic rings. The summed E-state index contributed by atoms with van der Waals surface area (Å²) in [7, 11) is -5.36. The van der Waals surface area contributed by atoms with Crippen LogP contribution in [0.5, 0.6) is 0 Å². The Morgan fingerprint density at radius 3 is 1.28 bits per heavy atom. The second-order valence-electron chi connectivity index (χ2n) is 17.9. The van der Waals surface area contributed by atoms with Crippen LogP contribution in [0.2, 0.25) is 0 Å². The van der Waals surface area contributed by atoms with Crippen LogP contribution in [0.15, 0.2) is 237 Å². The summed E-state index contributed by atoms with van der Waals surface area (Å²) in [6.45, 7) is 0. The lowest BCUT2D eigenvalue weighted by atomic mass is 10.0. The van der Waals surface area contributed by atoms with E-state index in [-0.39, 0.29) is 0 Å². The molecule has 0 amide bonds. The number of hydrogen-bond donors (Lipinski definition) is 0. The number of nitrogens with zero attached hydrogens (tertiary/aromatic N) is 1.